The van der Waals surface area contributed by atoms with Gasteiger partial charge < -0.3 is 19.8 Å². The summed E-state index contributed by atoms with van der Waals surface area (Å²) in [7, 11) is -2.81. The van der Waals surface area contributed by atoms with Crippen LogP contribution in [-0.2, 0) is 13.8 Å². The van der Waals surface area contributed by atoms with Gasteiger partial charge in [0.15, 0.2) is 5.34 Å². The van der Waals surface area contributed by atoms with Gasteiger partial charge in [-0.3, -0.25) is 9.09 Å². The predicted molar refractivity (Wildman–Crippen MR) is 92.5 cm³/mol. The molecule has 0 amide bonds. The van der Waals surface area contributed by atoms with Crippen molar-refractivity contribution in [3.05, 3.63) is 0 Å². The molecule has 0 aromatic heterocycles. The SMILES string of the molecule is B[C@@H]1O[C@H](CC(CC)(CC)OP(=O)(O)C(O)(CC)CC)[C@@H](O)[C@H]1F. The van der Waals surface area contributed by atoms with Gasteiger partial charge in [-0.2, -0.15) is 0 Å². The highest BCUT2D eigenvalue weighted by Crippen LogP contribution is 2.61. The van der Waals surface area contributed by atoms with Gasteiger partial charge in [0.2, 0.25) is 0 Å². The van der Waals surface area contributed by atoms with E-state index >= 15 is 0 Å². The molecule has 0 aliphatic carbocycles. The number of alkyl halides is 1. The molecule has 0 bridgehead atoms. The second-order valence-corrected chi connectivity index (χ2v) is 8.77. The van der Waals surface area contributed by atoms with Gasteiger partial charge in [-0.15, -0.1) is 0 Å². The summed E-state index contributed by atoms with van der Waals surface area (Å²) in [6.45, 7) is 6.82. The lowest BCUT2D eigenvalue weighted by Gasteiger charge is -2.40. The second kappa shape index (κ2) is 8.15. The van der Waals surface area contributed by atoms with Crippen molar-refractivity contribution in [2.45, 2.75) is 95.1 Å². The Kier molecular flexibility index (Phi) is 7.49. The molecule has 3 N–H and O–H groups in total. The molecule has 142 valence electrons. The molecule has 0 radical (unpaired) electrons. The summed E-state index contributed by atoms with van der Waals surface area (Å²) in [5.41, 5.74) is -1.09. The van der Waals surface area contributed by atoms with Gasteiger partial charge in [0, 0.05) is 6.42 Å². The van der Waals surface area contributed by atoms with Crippen LogP contribution in [0.3, 0.4) is 0 Å². The molecule has 1 aliphatic heterocycles. The lowest BCUT2D eigenvalue weighted by Crippen LogP contribution is -2.41. The highest BCUT2D eigenvalue weighted by atomic mass is 31.2. The monoisotopic (exact) mass is 368 g/mol. The Morgan fingerprint density at radius 3 is 2.04 bits per heavy atom. The number of aliphatic hydroxyl groups is 2. The van der Waals surface area contributed by atoms with Gasteiger partial charge in [-0.1, -0.05) is 27.7 Å². The number of hydrogen-bond acceptors (Lipinski definition) is 5. The van der Waals surface area contributed by atoms with Crippen molar-refractivity contribution in [2.75, 3.05) is 0 Å². The quantitative estimate of drug-likeness (QED) is 0.424. The van der Waals surface area contributed by atoms with Crippen LogP contribution in [0.1, 0.15) is 59.8 Å². The Labute approximate surface area is 144 Å². The van der Waals surface area contributed by atoms with Gasteiger partial charge in [0.1, 0.15) is 20.1 Å². The maximum atomic E-state index is 13.8. The van der Waals surface area contributed by atoms with Crippen LogP contribution in [0.25, 0.3) is 0 Å². The first kappa shape index (κ1) is 22.1. The van der Waals surface area contributed by atoms with Crippen molar-refractivity contribution in [1.29, 1.82) is 0 Å². The Hall–Kier alpha value is 0.0249. The molecule has 9 heteroatoms. The van der Waals surface area contributed by atoms with Crippen LogP contribution in [0, 0.1) is 0 Å². The van der Waals surface area contributed by atoms with Crippen molar-refractivity contribution in [3.8, 4) is 0 Å². The van der Waals surface area contributed by atoms with E-state index in [2.05, 4.69) is 0 Å². The van der Waals surface area contributed by atoms with Crippen LogP contribution in [0.15, 0.2) is 0 Å². The van der Waals surface area contributed by atoms with Crippen molar-refractivity contribution in [1.82, 2.24) is 0 Å². The second-order valence-electron chi connectivity index (χ2n) is 6.71. The van der Waals surface area contributed by atoms with E-state index in [1.807, 2.05) is 0 Å². The van der Waals surface area contributed by atoms with E-state index in [1.165, 1.54) is 7.85 Å². The molecular formula is C15H31BFO6P. The van der Waals surface area contributed by atoms with Crippen LogP contribution in [0.4, 0.5) is 4.39 Å². The fourth-order valence-corrected chi connectivity index (χ4v) is 4.98. The summed E-state index contributed by atoms with van der Waals surface area (Å²) in [6.07, 6.45) is -2.63. The van der Waals surface area contributed by atoms with E-state index in [0.29, 0.717) is 12.8 Å². The Morgan fingerprint density at radius 2 is 1.71 bits per heavy atom. The largest absolute Gasteiger partial charge is 0.387 e. The molecule has 0 spiro atoms. The average molecular weight is 368 g/mol. The average Bonchev–Trinajstić information content (AvgIpc) is 2.79. The lowest BCUT2D eigenvalue weighted by molar-refractivity contribution is -0.0547. The number of hydrogen-bond donors (Lipinski definition) is 3. The minimum Gasteiger partial charge on any atom is -0.387 e. The Morgan fingerprint density at radius 1 is 1.21 bits per heavy atom. The molecule has 1 fully saturated rings. The first-order valence-corrected chi connectivity index (χ1v) is 10.3. The minimum absolute atomic E-state index is 0.0763. The highest BCUT2D eigenvalue weighted by molar-refractivity contribution is 7.54. The third-order valence-electron chi connectivity index (χ3n) is 5.38. The number of aliphatic hydroxyl groups excluding tert-OH is 1. The molecule has 1 saturated heterocycles. The zero-order chi connectivity index (χ0) is 18.8. The van der Waals surface area contributed by atoms with E-state index in [0.717, 1.165) is 0 Å². The van der Waals surface area contributed by atoms with Crippen LogP contribution >= 0.6 is 7.60 Å². The van der Waals surface area contributed by atoms with Gasteiger partial charge in [0.25, 0.3) is 0 Å². The zero-order valence-electron chi connectivity index (χ0n) is 15.2. The van der Waals surface area contributed by atoms with Crippen LogP contribution in [-0.4, -0.2) is 58.3 Å². The Bertz CT molecular complexity index is 457. The van der Waals surface area contributed by atoms with Crippen LogP contribution in [0.5, 0.6) is 0 Å². The van der Waals surface area contributed by atoms with Crippen molar-refractivity contribution in [3.63, 3.8) is 0 Å². The van der Waals surface area contributed by atoms with E-state index in [4.69, 9.17) is 9.26 Å². The van der Waals surface area contributed by atoms with Gasteiger partial charge in [0.05, 0.1) is 17.7 Å². The maximum Gasteiger partial charge on any atom is 0.359 e. The summed E-state index contributed by atoms with van der Waals surface area (Å²) in [6, 6.07) is -0.736. The van der Waals surface area contributed by atoms with E-state index in [1.54, 1.807) is 27.7 Å². The summed E-state index contributed by atoms with van der Waals surface area (Å²) >= 11 is 0. The third kappa shape index (κ3) is 4.22. The summed E-state index contributed by atoms with van der Waals surface area (Å²) in [5.74, 6) is 0. The standard InChI is InChI=1S/C15H31BFO6P/c1-5-14(6-2,9-10-12(18)11(17)13(16)22-10)23-24(20,21)15(19,7-3)8-4/h10-13,18-19H,5-9,16H2,1-4H3,(H,20,21)/t10-,11-,12-,13-/m1/s1. The lowest BCUT2D eigenvalue weighted by atomic mass is 9.88. The summed E-state index contributed by atoms with van der Waals surface area (Å²) in [5, 5.41) is 18.6. The molecule has 0 aromatic carbocycles. The van der Waals surface area contributed by atoms with E-state index < -0.39 is 42.9 Å². The molecule has 1 aliphatic rings. The van der Waals surface area contributed by atoms with Crippen LogP contribution in [0.2, 0.25) is 0 Å². The molecule has 0 aromatic rings. The van der Waals surface area contributed by atoms with Gasteiger partial charge in [-0.05, 0) is 25.7 Å². The molecular weight excluding hydrogens is 337 g/mol. The molecule has 5 atom stereocenters. The molecule has 6 nitrogen and oxygen atoms in total. The van der Waals surface area contributed by atoms with Gasteiger partial charge >= 0.3 is 7.60 Å². The number of halogens is 1. The van der Waals surface area contributed by atoms with Crippen molar-refractivity contribution < 1.29 is 33.3 Å². The first-order valence-electron chi connectivity index (χ1n) is 8.75. The topological polar surface area (TPSA) is 96.2 Å². The fraction of sp³-hybridized carbons (Fsp3) is 1.00. The number of ether oxygens (including phenoxy) is 1. The predicted octanol–water partition coefficient (Wildman–Crippen LogP) is 1.70. The van der Waals surface area contributed by atoms with E-state index in [-0.39, 0.29) is 19.3 Å². The first-order chi connectivity index (χ1) is 11.0. The third-order valence-corrected chi connectivity index (χ3v) is 7.70. The molecule has 0 saturated carbocycles. The zero-order valence-corrected chi connectivity index (χ0v) is 16.1. The fourth-order valence-electron chi connectivity index (χ4n) is 3.15. The summed E-state index contributed by atoms with van der Waals surface area (Å²) in [4.78, 5) is 10.4. The normalized spacial score (nSPS) is 31.2. The minimum atomic E-state index is -4.35. The van der Waals surface area contributed by atoms with E-state index in [9.17, 15) is 24.1 Å². The molecule has 1 heterocycles. The summed E-state index contributed by atoms with van der Waals surface area (Å²) < 4.78 is 37.6. The van der Waals surface area contributed by atoms with Crippen molar-refractivity contribution in [2.24, 2.45) is 0 Å². The molecule has 1 unspecified atom stereocenters. The highest BCUT2D eigenvalue weighted by Gasteiger charge is 2.51. The van der Waals surface area contributed by atoms with Gasteiger partial charge in [-0.25, -0.2) is 4.39 Å². The van der Waals surface area contributed by atoms with Crippen molar-refractivity contribution >= 4 is 15.4 Å². The Balaban J connectivity index is 3.02. The number of rotatable bonds is 9. The maximum absolute atomic E-state index is 13.8. The smallest absolute Gasteiger partial charge is 0.359 e. The van der Waals surface area contributed by atoms with Crippen LogP contribution < -0.4 is 0 Å². The molecule has 24 heavy (non-hydrogen) atoms. The molecule has 1 rings (SSSR count).